The third-order valence-electron chi connectivity index (χ3n) is 3.80. The van der Waals surface area contributed by atoms with E-state index < -0.39 is 23.3 Å². The molecule has 0 aromatic heterocycles. The first-order valence-corrected chi connectivity index (χ1v) is 8.35. The van der Waals surface area contributed by atoms with Gasteiger partial charge in [-0.15, -0.1) is 0 Å². The minimum atomic E-state index is -0.656. The van der Waals surface area contributed by atoms with Gasteiger partial charge in [0.2, 0.25) is 5.91 Å². The van der Waals surface area contributed by atoms with E-state index in [4.69, 9.17) is 16.3 Å². The number of nitro groups is 1. The van der Waals surface area contributed by atoms with Gasteiger partial charge in [-0.3, -0.25) is 19.7 Å². The van der Waals surface area contributed by atoms with Gasteiger partial charge in [0.05, 0.1) is 11.5 Å². The van der Waals surface area contributed by atoms with Crippen LogP contribution in [0.15, 0.2) is 36.4 Å². The number of ether oxygens (including phenoxy) is 1. The fraction of sp³-hybridized carbons (Fsp3) is 0.222. The third kappa shape index (κ3) is 5.68. The maximum Gasteiger partial charge on any atom is 0.312 e. The topological polar surface area (TPSA) is 111 Å². The third-order valence-corrected chi connectivity index (χ3v) is 4.04. The molecule has 0 saturated heterocycles. The van der Waals surface area contributed by atoms with Crippen LogP contribution in [-0.4, -0.2) is 29.9 Å². The molecule has 0 atom stereocenters. The molecule has 0 spiro atoms. The molecule has 0 aliphatic rings. The van der Waals surface area contributed by atoms with E-state index in [-0.39, 0.29) is 23.0 Å². The second kappa shape index (κ2) is 9.00. The molecule has 2 aromatic rings. The molecule has 0 aliphatic heterocycles. The maximum atomic E-state index is 12.0. The van der Waals surface area contributed by atoms with Crippen LogP contribution in [0.3, 0.4) is 0 Å². The van der Waals surface area contributed by atoms with Gasteiger partial charge >= 0.3 is 5.69 Å². The zero-order valence-corrected chi connectivity index (χ0v) is 15.5. The van der Waals surface area contributed by atoms with Gasteiger partial charge in [-0.25, -0.2) is 0 Å². The Morgan fingerprint density at radius 1 is 1.19 bits per heavy atom. The molecule has 0 aliphatic carbocycles. The van der Waals surface area contributed by atoms with Crippen LogP contribution in [0.4, 0.5) is 11.4 Å². The number of nitrogens with zero attached hydrogens (tertiary/aromatic N) is 1. The highest BCUT2D eigenvalue weighted by Gasteiger charge is 2.17. The van der Waals surface area contributed by atoms with Gasteiger partial charge in [-0.05, 0) is 43.2 Å². The Labute approximate surface area is 160 Å². The second-order valence-electron chi connectivity index (χ2n) is 5.73. The maximum absolute atomic E-state index is 12.0. The first-order valence-electron chi connectivity index (χ1n) is 7.97. The molecule has 2 N–H and O–H groups in total. The Morgan fingerprint density at radius 2 is 1.93 bits per heavy atom. The van der Waals surface area contributed by atoms with Crippen molar-refractivity contribution in [3.05, 3.63) is 62.7 Å². The summed E-state index contributed by atoms with van der Waals surface area (Å²) in [5.74, 6) is -1.07. The first kappa shape index (κ1) is 20.2. The van der Waals surface area contributed by atoms with Gasteiger partial charge < -0.3 is 15.4 Å². The molecule has 0 saturated carbocycles. The minimum Gasteiger partial charge on any atom is -0.477 e. The van der Waals surface area contributed by atoms with Gasteiger partial charge in [0, 0.05) is 16.8 Å². The van der Waals surface area contributed by atoms with Gasteiger partial charge in [0.1, 0.15) is 0 Å². The summed E-state index contributed by atoms with van der Waals surface area (Å²) in [4.78, 5) is 34.1. The molecule has 0 radical (unpaired) electrons. The number of anilines is 1. The van der Waals surface area contributed by atoms with Gasteiger partial charge in [0.25, 0.3) is 5.91 Å². The van der Waals surface area contributed by atoms with Crippen LogP contribution in [0.2, 0.25) is 5.02 Å². The summed E-state index contributed by atoms with van der Waals surface area (Å²) in [6.45, 7) is 3.09. The molecule has 2 amide bonds. The smallest absolute Gasteiger partial charge is 0.312 e. The van der Waals surface area contributed by atoms with Crippen molar-refractivity contribution in [2.45, 2.75) is 13.8 Å². The van der Waals surface area contributed by atoms with Crippen molar-refractivity contribution in [1.82, 2.24) is 5.32 Å². The van der Waals surface area contributed by atoms with E-state index in [2.05, 4.69) is 10.6 Å². The molecule has 2 rings (SSSR count). The predicted molar refractivity (Wildman–Crippen MR) is 101 cm³/mol. The van der Waals surface area contributed by atoms with Gasteiger partial charge in [-0.1, -0.05) is 23.7 Å². The molecule has 142 valence electrons. The SMILES string of the molecule is Cc1cccc(NC(=O)CNC(=O)COc2ccc(Cl)cc2[N+](=O)[O-])c1C. The zero-order chi connectivity index (χ0) is 20.0. The number of amides is 2. The highest BCUT2D eigenvalue weighted by Crippen LogP contribution is 2.29. The number of aryl methyl sites for hydroxylation is 1. The van der Waals surface area contributed by atoms with Crippen molar-refractivity contribution in [3.8, 4) is 5.75 Å². The van der Waals surface area contributed by atoms with Crippen molar-refractivity contribution in [1.29, 1.82) is 0 Å². The molecular formula is C18H18ClN3O5. The van der Waals surface area contributed by atoms with Crippen LogP contribution in [0, 0.1) is 24.0 Å². The average Bonchev–Trinajstić information content (AvgIpc) is 2.62. The van der Waals surface area contributed by atoms with E-state index in [9.17, 15) is 19.7 Å². The Bertz CT molecular complexity index is 885. The number of nitro benzene ring substituents is 1. The van der Waals surface area contributed by atoms with Crippen LogP contribution in [0.25, 0.3) is 0 Å². The number of rotatable bonds is 7. The number of nitrogens with one attached hydrogen (secondary N) is 2. The monoisotopic (exact) mass is 391 g/mol. The number of carbonyl (C=O) groups excluding carboxylic acids is 2. The number of halogens is 1. The quantitative estimate of drug-likeness (QED) is 0.556. The van der Waals surface area contributed by atoms with Crippen molar-refractivity contribution < 1.29 is 19.2 Å². The Morgan fingerprint density at radius 3 is 2.63 bits per heavy atom. The summed E-state index contributed by atoms with van der Waals surface area (Å²) in [6.07, 6.45) is 0. The summed E-state index contributed by atoms with van der Waals surface area (Å²) in [6, 6.07) is 9.38. The largest absolute Gasteiger partial charge is 0.477 e. The molecule has 9 heteroatoms. The number of benzene rings is 2. The normalized spacial score (nSPS) is 10.2. The van der Waals surface area contributed by atoms with Crippen molar-refractivity contribution >= 4 is 34.8 Å². The minimum absolute atomic E-state index is 0.0839. The number of hydrogen-bond acceptors (Lipinski definition) is 5. The van der Waals surface area contributed by atoms with E-state index in [1.807, 2.05) is 26.0 Å². The van der Waals surface area contributed by atoms with Crippen molar-refractivity contribution in [2.75, 3.05) is 18.5 Å². The van der Waals surface area contributed by atoms with Crippen LogP contribution in [0.5, 0.6) is 5.75 Å². The lowest BCUT2D eigenvalue weighted by molar-refractivity contribution is -0.385. The summed E-state index contributed by atoms with van der Waals surface area (Å²) in [5, 5.41) is 16.3. The Balaban J connectivity index is 1.85. The lowest BCUT2D eigenvalue weighted by Gasteiger charge is -2.11. The molecule has 0 heterocycles. The zero-order valence-electron chi connectivity index (χ0n) is 14.7. The molecule has 27 heavy (non-hydrogen) atoms. The summed E-state index contributed by atoms with van der Waals surface area (Å²) >= 11 is 5.71. The fourth-order valence-corrected chi connectivity index (χ4v) is 2.38. The van der Waals surface area contributed by atoms with E-state index in [0.717, 1.165) is 17.2 Å². The van der Waals surface area contributed by atoms with E-state index in [1.165, 1.54) is 12.1 Å². The number of hydrogen-bond donors (Lipinski definition) is 2. The summed E-state index contributed by atoms with van der Waals surface area (Å²) < 4.78 is 5.16. The number of carbonyl (C=O) groups is 2. The lowest BCUT2D eigenvalue weighted by atomic mass is 10.1. The average molecular weight is 392 g/mol. The highest BCUT2D eigenvalue weighted by molar-refractivity contribution is 6.30. The van der Waals surface area contributed by atoms with Crippen molar-refractivity contribution in [3.63, 3.8) is 0 Å². The van der Waals surface area contributed by atoms with Crippen LogP contribution < -0.4 is 15.4 Å². The fourth-order valence-electron chi connectivity index (χ4n) is 2.21. The van der Waals surface area contributed by atoms with E-state index in [0.29, 0.717) is 5.69 Å². The molecule has 2 aromatic carbocycles. The highest BCUT2D eigenvalue weighted by atomic mass is 35.5. The van der Waals surface area contributed by atoms with E-state index >= 15 is 0 Å². The summed E-state index contributed by atoms with van der Waals surface area (Å²) in [5.41, 5.74) is 2.30. The van der Waals surface area contributed by atoms with Gasteiger partial charge in [0.15, 0.2) is 12.4 Å². The van der Waals surface area contributed by atoms with Gasteiger partial charge in [-0.2, -0.15) is 0 Å². The molecule has 8 nitrogen and oxygen atoms in total. The standard InChI is InChI=1S/C18H18ClN3O5/c1-11-4-3-5-14(12(11)2)21-17(23)9-20-18(24)10-27-16-7-6-13(19)8-15(16)22(25)26/h3-8H,9-10H2,1-2H3,(H,20,24)(H,21,23). The van der Waals surface area contributed by atoms with Crippen LogP contribution >= 0.6 is 11.6 Å². The Hall–Kier alpha value is -3.13. The van der Waals surface area contributed by atoms with Crippen LogP contribution in [0.1, 0.15) is 11.1 Å². The molecular weight excluding hydrogens is 374 g/mol. The molecule has 0 unspecified atom stereocenters. The molecule has 0 fully saturated rings. The Kier molecular flexibility index (Phi) is 6.73. The van der Waals surface area contributed by atoms with E-state index in [1.54, 1.807) is 6.07 Å². The second-order valence-corrected chi connectivity index (χ2v) is 6.17. The lowest BCUT2D eigenvalue weighted by Crippen LogP contribution is -2.35. The summed E-state index contributed by atoms with van der Waals surface area (Å²) in [7, 11) is 0. The predicted octanol–water partition coefficient (Wildman–Crippen LogP) is 3.00. The van der Waals surface area contributed by atoms with Crippen LogP contribution in [-0.2, 0) is 9.59 Å². The van der Waals surface area contributed by atoms with Crippen molar-refractivity contribution in [2.24, 2.45) is 0 Å². The molecule has 0 bridgehead atoms. The first-order chi connectivity index (χ1) is 12.8.